The lowest BCUT2D eigenvalue weighted by atomic mass is 9.95. The lowest BCUT2D eigenvalue weighted by molar-refractivity contribution is 0.458. The van der Waals surface area contributed by atoms with Gasteiger partial charge in [0, 0.05) is 11.1 Å². The van der Waals surface area contributed by atoms with Gasteiger partial charge >= 0.3 is 0 Å². The predicted molar refractivity (Wildman–Crippen MR) is 91.7 cm³/mol. The topological polar surface area (TPSA) is 99.0 Å². The van der Waals surface area contributed by atoms with Gasteiger partial charge < -0.3 is 31.5 Å². The van der Waals surface area contributed by atoms with Crippen LogP contribution in [0.1, 0.15) is 22.3 Å². The Morgan fingerprint density at radius 3 is 1.61 bits per heavy atom. The number of nitrogens with two attached hydrogens (primary N) is 2. The molecule has 0 atom stereocenters. The maximum Gasteiger partial charge on any atom is 0.145 e. The molecular formula is C17H20N4O2. The SMILES string of the molecule is Cc1cc(N)c(O)c2c1N1Cc3c(O)c(N)cc(C)c3N(C2)C1. The highest BCUT2D eigenvalue weighted by atomic mass is 16.3. The van der Waals surface area contributed by atoms with Gasteiger partial charge in [0.2, 0.25) is 0 Å². The van der Waals surface area contributed by atoms with Gasteiger partial charge in [0.15, 0.2) is 0 Å². The van der Waals surface area contributed by atoms with Gasteiger partial charge in [0.1, 0.15) is 11.5 Å². The van der Waals surface area contributed by atoms with Crippen LogP contribution in [0.15, 0.2) is 12.1 Å². The Hall–Kier alpha value is -2.76. The summed E-state index contributed by atoms with van der Waals surface area (Å²) in [5.41, 5.74) is 18.4. The van der Waals surface area contributed by atoms with E-state index < -0.39 is 0 Å². The molecule has 0 spiro atoms. The second-order valence-corrected chi connectivity index (χ2v) is 6.45. The average Bonchev–Trinajstić information content (AvgIpc) is 2.49. The van der Waals surface area contributed by atoms with Crippen LogP contribution >= 0.6 is 0 Å². The number of fused-ring (bicyclic) bond motifs is 6. The zero-order valence-corrected chi connectivity index (χ0v) is 13.2. The van der Waals surface area contributed by atoms with Gasteiger partial charge in [-0.05, 0) is 37.1 Å². The Morgan fingerprint density at radius 2 is 1.22 bits per heavy atom. The molecule has 0 aromatic heterocycles. The molecule has 0 amide bonds. The normalized spacial score (nSPS) is 15.4. The summed E-state index contributed by atoms with van der Waals surface area (Å²) in [7, 11) is 0. The molecule has 2 aliphatic heterocycles. The molecule has 2 aromatic carbocycles. The van der Waals surface area contributed by atoms with Gasteiger partial charge in [-0.2, -0.15) is 0 Å². The zero-order chi connectivity index (χ0) is 16.5. The summed E-state index contributed by atoms with van der Waals surface area (Å²) in [4.78, 5) is 4.29. The van der Waals surface area contributed by atoms with Crippen LogP contribution < -0.4 is 21.3 Å². The standard InChI is InChI=1S/C17H20N4O2/c1-8-3-12(18)16(22)10-5-21-7-20(14(8)10)6-11-15(21)9(2)4-13(19)17(11)23/h3-4,22-23H,5-7,18-19H2,1-2H3. The van der Waals surface area contributed by atoms with Gasteiger partial charge in [-0.1, -0.05) is 0 Å². The van der Waals surface area contributed by atoms with Gasteiger partial charge in [-0.15, -0.1) is 0 Å². The van der Waals surface area contributed by atoms with Crippen molar-refractivity contribution in [2.45, 2.75) is 26.9 Å². The van der Waals surface area contributed by atoms with E-state index in [1.165, 1.54) is 0 Å². The van der Waals surface area contributed by atoms with Crippen molar-refractivity contribution in [2.24, 2.45) is 0 Å². The summed E-state index contributed by atoms with van der Waals surface area (Å²) in [5.74, 6) is 0.308. The summed E-state index contributed by atoms with van der Waals surface area (Å²) >= 11 is 0. The highest BCUT2D eigenvalue weighted by molar-refractivity contribution is 5.81. The highest BCUT2D eigenvalue weighted by Crippen LogP contribution is 2.48. The number of aromatic hydroxyl groups is 2. The minimum atomic E-state index is 0.154. The third-order valence-corrected chi connectivity index (χ3v) is 4.85. The van der Waals surface area contributed by atoms with Gasteiger partial charge in [-0.3, -0.25) is 0 Å². The summed E-state index contributed by atoms with van der Waals surface area (Å²) in [6, 6.07) is 3.59. The number of benzene rings is 2. The van der Waals surface area contributed by atoms with Crippen molar-refractivity contribution < 1.29 is 10.2 Å². The fourth-order valence-corrected chi connectivity index (χ4v) is 3.96. The third kappa shape index (κ3) is 1.75. The minimum absolute atomic E-state index is 0.154. The number of anilines is 4. The van der Waals surface area contributed by atoms with Crippen LogP contribution in [0, 0.1) is 13.8 Å². The second-order valence-electron chi connectivity index (χ2n) is 6.45. The monoisotopic (exact) mass is 312 g/mol. The van der Waals surface area contributed by atoms with E-state index in [2.05, 4.69) is 9.80 Å². The molecule has 0 saturated carbocycles. The van der Waals surface area contributed by atoms with E-state index in [1.807, 2.05) is 13.8 Å². The maximum absolute atomic E-state index is 10.4. The van der Waals surface area contributed by atoms with Crippen LogP contribution in [0.5, 0.6) is 11.5 Å². The van der Waals surface area contributed by atoms with Crippen LogP contribution in [0.2, 0.25) is 0 Å². The molecule has 2 aromatic rings. The van der Waals surface area contributed by atoms with Crippen LogP contribution in [-0.2, 0) is 13.1 Å². The highest BCUT2D eigenvalue weighted by Gasteiger charge is 2.35. The first kappa shape index (κ1) is 13.9. The van der Waals surface area contributed by atoms with Gasteiger partial charge in [0.25, 0.3) is 0 Å². The van der Waals surface area contributed by atoms with Crippen LogP contribution in [0.4, 0.5) is 22.7 Å². The van der Waals surface area contributed by atoms with E-state index >= 15 is 0 Å². The number of nitrogen functional groups attached to an aromatic ring is 2. The number of hydrogen-bond donors (Lipinski definition) is 4. The Balaban J connectivity index is 1.94. The van der Waals surface area contributed by atoms with E-state index in [9.17, 15) is 10.2 Å². The lowest BCUT2D eigenvalue weighted by Crippen LogP contribution is -2.47. The minimum Gasteiger partial charge on any atom is -0.505 e. The molecule has 6 N–H and O–H groups in total. The van der Waals surface area contributed by atoms with Crippen molar-refractivity contribution in [1.29, 1.82) is 0 Å². The molecule has 4 rings (SSSR count). The molecule has 2 bridgehead atoms. The van der Waals surface area contributed by atoms with Crippen LogP contribution in [-0.4, -0.2) is 16.9 Å². The smallest absolute Gasteiger partial charge is 0.145 e. The lowest BCUT2D eigenvalue weighted by Gasteiger charge is -2.46. The average molecular weight is 312 g/mol. The van der Waals surface area contributed by atoms with Crippen molar-refractivity contribution in [1.82, 2.24) is 0 Å². The number of phenols is 2. The van der Waals surface area contributed by atoms with Crippen molar-refractivity contribution in [3.05, 3.63) is 34.4 Å². The number of rotatable bonds is 0. The maximum atomic E-state index is 10.4. The first-order valence-corrected chi connectivity index (χ1v) is 7.60. The molecule has 0 saturated heterocycles. The quantitative estimate of drug-likeness (QED) is 0.439. The van der Waals surface area contributed by atoms with Gasteiger partial charge in [-0.25, -0.2) is 0 Å². The van der Waals surface area contributed by atoms with Crippen molar-refractivity contribution in [3.63, 3.8) is 0 Å². The zero-order valence-electron chi connectivity index (χ0n) is 13.2. The Bertz CT molecular complexity index is 778. The largest absolute Gasteiger partial charge is 0.505 e. The molecule has 0 aliphatic carbocycles. The van der Waals surface area contributed by atoms with Crippen molar-refractivity contribution in [2.75, 3.05) is 27.9 Å². The molecule has 6 heteroatoms. The molecule has 6 nitrogen and oxygen atoms in total. The molecule has 2 heterocycles. The number of aryl methyl sites for hydroxylation is 2. The molecular weight excluding hydrogens is 292 g/mol. The van der Waals surface area contributed by atoms with E-state index in [4.69, 9.17) is 11.5 Å². The van der Waals surface area contributed by atoms with E-state index in [1.54, 1.807) is 12.1 Å². The summed E-state index contributed by atoms with van der Waals surface area (Å²) in [6.07, 6.45) is 0. The molecule has 120 valence electrons. The number of nitrogens with zero attached hydrogens (tertiary/aromatic N) is 2. The second kappa shape index (κ2) is 4.38. The fourth-order valence-electron chi connectivity index (χ4n) is 3.96. The molecule has 0 fully saturated rings. The molecule has 0 radical (unpaired) electrons. The first-order chi connectivity index (χ1) is 10.9. The Kier molecular flexibility index (Phi) is 2.64. The third-order valence-electron chi connectivity index (χ3n) is 4.85. The number of hydrogen-bond acceptors (Lipinski definition) is 6. The summed E-state index contributed by atoms with van der Waals surface area (Å²) in [5, 5.41) is 20.8. The van der Waals surface area contributed by atoms with Crippen molar-refractivity contribution in [3.8, 4) is 11.5 Å². The first-order valence-electron chi connectivity index (χ1n) is 7.60. The summed E-state index contributed by atoms with van der Waals surface area (Å²) in [6.45, 7) is 5.81. The summed E-state index contributed by atoms with van der Waals surface area (Å²) < 4.78 is 0. The van der Waals surface area contributed by atoms with E-state index in [-0.39, 0.29) is 11.5 Å². The Morgan fingerprint density at radius 1 is 0.826 bits per heavy atom. The van der Waals surface area contributed by atoms with E-state index in [0.717, 1.165) is 33.6 Å². The fraction of sp³-hybridized carbons (Fsp3) is 0.294. The van der Waals surface area contributed by atoms with E-state index in [0.29, 0.717) is 31.1 Å². The predicted octanol–water partition coefficient (Wildman–Crippen LogP) is 2.18. The Labute approximate surface area is 134 Å². The van der Waals surface area contributed by atoms with Crippen LogP contribution in [0.25, 0.3) is 0 Å². The van der Waals surface area contributed by atoms with Gasteiger partial charge in [0.05, 0.1) is 42.5 Å². The van der Waals surface area contributed by atoms with Crippen LogP contribution in [0.3, 0.4) is 0 Å². The van der Waals surface area contributed by atoms with Crippen molar-refractivity contribution >= 4 is 22.7 Å². The number of phenolic OH excluding ortho intramolecular Hbond substituents is 2. The molecule has 2 aliphatic rings. The molecule has 23 heavy (non-hydrogen) atoms. The molecule has 0 unspecified atom stereocenters.